The molecule has 5 heteroatoms. The zero-order valence-corrected chi connectivity index (χ0v) is 13.1. The molecule has 1 amide bonds. The summed E-state index contributed by atoms with van der Waals surface area (Å²) in [6, 6.07) is 18.9. The van der Waals surface area contributed by atoms with Gasteiger partial charge in [0, 0.05) is 16.9 Å². The predicted molar refractivity (Wildman–Crippen MR) is 96.1 cm³/mol. The summed E-state index contributed by atoms with van der Waals surface area (Å²) in [6.45, 7) is 0. The van der Waals surface area contributed by atoms with Gasteiger partial charge in [0.2, 0.25) is 0 Å². The monoisotopic (exact) mass is 330 g/mol. The topological polar surface area (TPSA) is 82.2 Å². The predicted octanol–water partition coefficient (Wildman–Crippen LogP) is 3.87. The molecule has 4 rings (SSSR count). The fourth-order valence-electron chi connectivity index (χ4n) is 2.92. The third kappa shape index (κ3) is 2.72. The van der Waals surface area contributed by atoms with Crippen molar-refractivity contribution in [3.05, 3.63) is 77.6 Å². The minimum atomic E-state index is -1.03. The van der Waals surface area contributed by atoms with Crippen LogP contribution in [0.15, 0.2) is 60.7 Å². The van der Waals surface area contributed by atoms with E-state index in [9.17, 15) is 9.59 Å². The molecule has 122 valence electrons. The lowest BCUT2D eigenvalue weighted by molar-refractivity contribution is -0.110. The quantitative estimate of drug-likeness (QED) is 0.638. The molecule has 0 aliphatic carbocycles. The molecular formula is C20H14N2O3. The second-order valence-corrected chi connectivity index (χ2v) is 5.77. The Morgan fingerprint density at radius 2 is 1.76 bits per heavy atom. The zero-order chi connectivity index (χ0) is 17.4. The van der Waals surface area contributed by atoms with Crippen LogP contribution in [0.1, 0.15) is 21.7 Å². The highest BCUT2D eigenvalue weighted by Gasteiger charge is 2.24. The van der Waals surface area contributed by atoms with Crippen molar-refractivity contribution in [3.63, 3.8) is 0 Å². The van der Waals surface area contributed by atoms with E-state index in [0.717, 1.165) is 22.4 Å². The van der Waals surface area contributed by atoms with E-state index in [1.54, 1.807) is 12.1 Å². The zero-order valence-electron chi connectivity index (χ0n) is 13.1. The van der Waals surface area contributed by atoms with E-state index < -0.39 is 5.97 Å². The molecular weight excluding hydrogens is 316 g/mol. The second kappa shape index (κ2) is 5.79. The van der Waals surface area contributed by atoms with Crippen molar-refractivity contribution in [1.29, 1.82) is 0 Å². The molecule has 0 saturated carbocycles. The summed E-state index contributed by atoms with van der Waals surface area (Å²) in [6.07, 6.45) is 1.66. The highest BCUT2D eigenvalue weighted by molar-refractivity contribution is 6.35. The number of nitrogens with one attached hydrogen (secondary N) is 2. The summed E-state index contributed by atoms with van der Waals surface area (Å²) < 4.78 is 0. The van der Waals surface area contributed by atoms with Crippen molar-refractivity contribution in [2.75, 3.05) is 5.32 Å². The second-order valence-electron chi connectivity index (χ2n) is 5.77. The van der Waals surface area contributed by atoms with Crippen molar-refractivity contribution in [2.45, 2.75) is 0 Å². The van der Waals surface area contributed by atoms with Gasteiger partial charge in [0.05, 0.1) is 5.57 Å². The Kier molecular flexibility index (Phi) is 3.47. The Morgan fingerprint density at radius 1 is 0.960 bits per heavy atom. The number of carbonyl (C=O) groups excluding carboxylic acids is 1. The summed E-state index contributed by atoms with van der Waals surface area (Å²) in [5, 5.41) is 11.8. The maximum Gasteiger partial charge on any atom is 0.352 e. The molecule has 25 heavy (non-hydrogen) atoms. The van der Waals surface area contributed by atoms with Crippen LogP contribution in [0.25, 0.3) is 22.8 Å². The van der Waals surface area contributed by atoms with Gasteiger partial charge in [-0.15, -0.1) is 0 Å². The van der Waals surface area contributed by atoms with Crippen LogP contribution in [0.5, 0.6) is 0 Å². The number of hydrogen-bond donors (Lipinski definition) is 3. The highest BCUT2D eigenvalue weighted by Crippen LogP contribution is 2.36. The van der Waals surface area contributed by atoms with E-state index in [1.165, 1.54) is 6.07 Å². The molecule has 0 bridgehead atoms. The number of carboxylic acid groups (broad SMARTS) is 1. The number of aromatic amines is 1. The fraction of sp³-hybridized carbons (Fsp3) is 0. The van der Waals surface area contributed by atoms with Gasteiger partial charge in [-0.1, -0.05) is 42.5 Å². The van der Waals surface area contributed by atoms with Crippen molar-refractivity contribution in [2.24, 2.45) is 0 Å². The molecule has 0 saturated heterocycles. The molecule has 0 spiro atoms. The number of fused-ring (bicyclic) bond motifs is 1. The summed E-state index contributed by atoms with van der Waals surface area (Å²) in [5.74, 6) is -1.24. The molecule has 3 aromatic rings. The van der Waals surface area contributed by atoms with Gasteiger partial charge in [0.1, 0.15) is 5.69 Å². The molecule has 2 aromatic carbocycles. The van der Waals surface area contributed by atoms with Crippen molar-refractivity contribution in [3.8, 4) is 11.1 Å². The normalized spacial score (nSPS) is 14.4. The lowest BCUT2D eigenvalue weighted by Crippen LogP contribution is -2.03. The maximum atomic E-state index is 12.3. The molecule has 0 radical (unpaired) electrons. The molecule has 0 atom stereocenters. The van der Waals surface area contributed by atoms with Crippen LogP contribution in [-0.2, 0) is 4.79 Å². The van der Waals surface area contributed by atoms with Crippen LogP contribution in [0.2, 0.25) is 0 Å². The van der Waals surface area contributed by atoms with Gasteiger partial charge in [0.15, 0.2) is 0 Å². The first-order chi connectivity index (χ1) is 12.1. The minimum absolute atomic E-state index is 0.0879. The van der Waals surface area contributed by atoms with E-state index >= 15 is 0 Å². The molecule has 2 heterocycles. The van der Waals surface area contributed by atoms with Gasteiger partial charge in [0.25, 0.3) is 5.91 Å². The van der Waals surface area contributed by atoms with E-state index in [-0.39, 0.29) is 11.6 Å². The molecule has 5 nitrogen and oxygen atoms in total. The highest BCUT2D eigenvalue weighted by atomic mass is 16.4. The number of amides is 1. The van der Waals surface area contributed by atoms with Crippen LogP contribution < -0.4 is 5.32 Å². The molecule has 1 aromatic heterocycles. The van der Waals surface area contributed by atoms with Gasteiger partial charge in [-0.3, -0.25) is 4.79 Å². The van der Waals surface area contributed by atoms with E-state index in [0.29, 0.717) is 11.3 Å². The Bertz CT molecular complexity index is 1020. The number of benzene rings is 2. The lowest BCUT2D eigenvalue weighted by Gasteiger charge is -2.04. The van der Waals surface area contributed by atoms with Gasteiger partial charge >= 0.3 is 5.97 Å². The summed E-state index contributed by atoms with van der Waals surface area (Å²) in [7, 11) is 0. The third-order valence-corrected chi connectivity index (χ3v) is 4.15. The van der Waals surface area contributed by atoms with Crippen molar-refractivity contribution in [1.82, 2.24) is 4.98 Å². The van der Waals surface area contributed by atoms with Crippen LogP contribution >= 0.6 is 0 Å². The first kappa shape index (κ1) is 15.0. The maximum absolute atomic E-state index is 12.3. The Hall–Kier alpha value is -3.60. The Labute approximate surface area is 143 Å². The summed E-state index contributed by atoms with van der Waals surface area (Å²) in [4.78, 5) is 26.0. The minimum Gasteiger partial charge on any atom is -0.477 e. The van der Waals surface area contributed by atoms with Crippen LogP contribution in [0.3, 0.4) is 0 Å². The average Bonchev–Trinajstić information content (AvgIpc) is 3.21. The van der Waals surface area contributed by atoms with Crippen LogP contribution in [0.4, 0.5) is 5.69 Å². The molecule has 1 aliphatic rings. The summed E-state index contributed by atoms with van der Waals surface area (Å²) in [5.41, 5.74) is 4.82. The summed E-state index contributed by atoms with van der Waals surface area (Å²) >= 11 is 0. The van der Waals surface area contributed by atoms with Crippen molar-refractivity contribution < 1.29 is 14.7 Å². The Balaban J connectivity index is 1.72. The van der Waals surface area contributed by atoms with E-state index in [4.69, 9.17) is 5.11 Å². The third-order valence-electron chi connectivity index (χ3n) is 4.15. The SMILES string of the molecule is O=C1Nc2cc(-c3ccccc3)ccc2C1=Cc1ccc(C(=O)O)[nH]1. The molecule has 0 fully saturated rings. The smallest absolute Gasteiger partial charge is 0.352 e. The first-order valence-corrected chi connectivity index (χ1v) is 7.77. The average molecular weight is 330 g/mol. The number of aromatic nitrogens is 1. The van der Waals surface area contributed by atoms with Crippen molar-refractivity contribution >= 4 is 29.2 Å². The van der Waals surface area contributed by atoms with Gasteiger partial charge in [-0.05, 0) is 35.4 Å². The molecule has 0 unspecified atom stereocenters. The molecule has 3 N–H and O–H groups in total. The number of hydrogen-bond acceptors (Lipinski definition) is 2. The number of carboxylic acids is 1. The number of rotatable bonds is 3. The fourth-order valence-corrected chi connectivity index (χ4v) is 2.92. The number of aromatic carboxylic acids is 1. The Morgan fingerprint density at radius 3 is 2.48 bits per heavy atom. The van der Waals surface area contributed by atoms with E-state index in [2.05, 4.69) is 10.3 Å². The first-order valence-electron chi connectivity index (χ1n) is 7.77. The van der Waals surface area contributed by atoms with Gasteiger partial charge < -0.3 is 15.4 Å². The standard InChI is InChI=1S/C20H14N2O3/c23-19-16(11-14-7-9-17(21-14)20(24)25)15-8-6-13(10-18(15)22-19)12-4-2-1-3-5-12/h1-11,21H,(H,22,23)(H,24,25). The van der Waals surface area contributed by atoms with Crippen LogP contribution in [0, 0.1) is 0 Å². The lowest BCUT2D eigenvalue weighted by atomic mass is 10.00. The van der Waals surface area contributed by atoms with Gasteiger partial charge in [-0.2, -0.15) is 0 Å². The van der Waals surface area contributed by atoms with Crippen LogP contribution in [-0.4, -0.2) is 22.0 Å². The van der Waals surface area contributed by atoms with E-state index in [1.807, 2.05) is 48.5 Å². The van der Waals surface area contributed by atoms with Gasteiger partial charge in [-0.25, -0.2) is 4.79 Å². The number of carbonyl (C=O) groups is 2. The number of H-pyrrole nitrogens is 1. The molecule has 1 aliphatic heterocycles. The number of anilines is 1. The largest absolute Gasteiger partial charge is 0.477 e.